The van der Waals surface area contributed by atoms with Gasteiger partial charge < -0.3 is 9.15 Å². The van der Waals surface area contributed by atoms with Crippen LogP contribution in [0.5, 0.6) is 5.75 Å². The second-order valence-electron chi connectivity index (χ2n) is 9.41. The van der Waals surface area contributed by atoms with Crippen LogP contribution in [-0.4, -0.2) is 0 Å². The van der Waals surface area contributed by atoms with Gasteiger partial charge in [-0.05, 0) is 54.2 Å². The lowest BCUT2D eigenvalue weighted by Crippen LogP contribution is -2.12. The average Bonchev–Trinajstić information content (AvgIpc) is 2.79. The van der Waals surface area contributed by atoms with Gasteiger partial charge in [0, 0.05) is 11.1 Å². The van der Waals surface area contributed by atoms with Gasteiger partial charge in [0.1, 0.15) is 12.2 Å². The summed E-state index contributed by atoms with van der Waals surface area (Å²) in [5.41, 5.74) is 5.58. The smallest absolute Gasteiger partial charge is 0.235 e. The number of hydrogen-bond acceptors (Lipinski definition) is 4. The van der Waals surface area contributed by atoms with E-state index >= 15 is 0 Å². The summed E-state index contributed by atoms with van der Waals surface area (Å²) in [6, 6.07) is 21.2. The van der Waals surface area contributed by atoms with E-state index < -0.39 is 0 Å². The molecule has 0 unspecified atom stereocenters. The van der Waals surface area contributed by atoms with E-state index in [1.807, 2.05) is 50.2 Å². The Morgan fingerprint density at radius 2 is 1.64 bits per heavy atom. The summed E-state index contributed by atoms with van der Waals surface area (Å²) in [4.78, 5) is 13.5. The Bertz CT molecular complexity index is 1430. The minimum atomic E-state index is -0.219. The third-order valence-electron chi connectivity index (χ3n) is 5.99. The van der Waals surface area contributed by atoms with Crippen LogP contribution in [0, 0.1) is 25.2 Å². The van der Waals surface area contributed by atoms with E-state index in [1.165, 1.54) is 5.56 Å². The van der Waals surface area contributed by atoms with Gasteiger partial charge in [0.25, 0.3) is 0 Å². The summed E-state index contributed by atoms with van der Waals surface area (Å²) < 4.78 is 12.3. The summed E-state index contributed by atoms with van der Waals surface area (Å²) in [5, 5.41) is 9.89. The molecule has 1 heterocycles. The lowest BCUT2D eigenvalue weighted by atomic mass is 9.86. The predicted octanol–water partition coefficient (Wildman–Crippen LogP) is 6.83. The van der Waals surface area contributed by atoms with Crippen LogP contribution in [0.25, 0.3) is 22.3 Å². The standard InChI is InChI=1S/C29H27NO3/c1-18-14-24-25(15-19(18)2)33-27(20-10-12-23(13-11-20)29(3,4)5)28(26(24)31)32-17-22-9-7-6-8-21(22)16-30/h6-15H,17H2,1-5H3. The first-order valence-electron chi connectivity index (χ1n) is 11.0. The second-order valence-corrected chi connectivity index (χ2v) is 9.41. The van der Waals surface area contributed by atoms with Crippen molar-refractivity contribution in [3.63, 3.8) is 0 Å². The highest BCUT2D eigenvalue weighted by Gasteiger charge is 2.20. The van der Waals surface area contributed by atoms with Crippen molar-refractivity contribution in [2.75, 3.05) is 0 Å². The Morgan fingerprint density at radius 3 is 2.30 bits per heavy atom. The third-order valence-corrected chi connectivity index (χ3v) is 5.99. The molecule has 0 spiro atoms. The number of fused-ring (bicyclic) bond motifs is 1. The fourth-order valence-electron chi connectivity index (χ4n) is 3.78. The molecule has 4 nitrogen and oxygen atoms in total. The molecule has 0 saturated heterocycles. The van der Waals surface area contributed by atoms with Gasteiger partial charge in [0.05, 0.1) is 17.0 Å². The zero-order valence-corrected chi connectivity index (χ0v) is 19.7. The average molecular weight is 438 g/mol. The largest absolute Gasteiger partial charge is 0.481 e. The maximum atomic E-state index is 13.5. The van der Waals surface area contributed by atoms with Gasteiger partial charge in [-0.1, -0.05) is 63.2 Å². The topological polar surface area (TPSA) is 63.2 Å². The molecular formula is C29H27NO3. The van der Waals surface area contributed by atoms with E-state index in [1.54, 1.807) is 12.1 Å². The molecule has 0 aliphatic carbocycles. The van der Waals surface area contributed by atoms with Gasteiger partial charge in [0.15, 0.2) is 5.76 Å². The van der Waals surface area contributed by atoms with E-state index in [0.717, 1.165) is 16.7 Å². The molecule has 33 heavy (non-hydrogen) atoms. The highest BCUT2D eigenvalue weighted by atomic mass is 16.5. The maximum absolute atomic E-state index is 13.5. The van der Waals surface area contributed by atoms with E-state index in [9.17, 15) is 10.1 Å². The first kappa shape index (κ1) is 22.4. The van der Waals surface area contributed by atoms with E-state index in [4.69, 9.17) is 9.15 Å². The number of aryl methyl sites for hydroxylation is 2. The van der Waals surface area contributed by atoms with Crippen LogP contribution in [0.3, 0.4) is 0 Å². The van der Waals surface area contributed by atoms with Gasteiger partial charge in [-0.2, -0.15) is 5.26 Å². The number of benzene rings is 3. The molecule has 0 saturated carbocycles. The first-order chi connectivity index (χ1) is 15.7. The molecule has 3 aromatic carbocycles. The monoisotopic (exact) mass is 437 g/mol. The summed E-state index contributed by atoms with van der Waals surface area (Å²) in [6.07, 6.45) is 0. The number of nitrogens with zero attached hydrogens (tertiary/aromatic N) is 1. The van der Waals surface area contributed by atoms with E-state index in [-0.39, 0.29) is 23.2 Å². The quantitative estimate of drug-likeness (QED) is 0.351. The van der Waals surface area contributed by atoms with Crippen LogP contribution < -0.4 is 10.2 Å². The minimum Gasteiger partial charge on any atom is -0.481 e. The van der Waals surface area contributed by atoms with Gasteiger partial charge in [-0.3, -0.25) is 4.79 Å². The normalized spacial score (nSPS) is 11.4. The number of rotatable bonds is 4. The van der Waals surface area contributed by atoms with Crippen LogP contribution in [0.2, 0.25) is 0 Å². The van der Waals surface area contributed by atoms with Crippen molar-refractivity contribution in [1.82, 2.24) is 0 Å². The molecular weight excluding hydrogens is 410 g/mol. The molecule has 0 atom stereocenters. The highest BCUT2D eigenvalue weighted by Crippen LogP contribution is 2.34. The highest BCUT2D eigenvalue weighted by molar-refractivity contribution is 5.83. The summed E-state index contributed by atoms with van der Waals surface area (Å²) in [6.45, 7) is 10.5. The Kier molecular flexibility index (Phi) is 5.82. The SMILES string of the molecule is Cc1cc2oc(-c3ccc(C(C)(C)C)cc3)c(OCc3ccccc3C#N)c(=O)c2cc1C. The van der Waals surface area contributed by atoms with Crippen molar-refractivity contribution in [1.29, 1.82) is 5.26 Å². The summed E-state index contributed by atoms with van der Waals surface area (Å²) in [7, 11) is 0. The molecule has 4 aromatic rings. The van der Waals surface area contributed by atoms with Gasteiger partial charge in [0.2, 0.25) is 11.2 Å². The molecule has 0 N–H and O–H groups in total. The molecule has 4 rings (SSSR count). The zero-order valence-electron chi connectivity index (χ0n) is 19.7. The van der Waals surface area contributed by atoms with E-state index in [0.29, 0.717) is 27.9 Å². The fraction of sp³-hybridized carbons (Fsp3) is 0.241. The van der Waals surface area contributed by atoms with Crippen molar-refractivity contribution in [2.45, 2.75) is 46.6 Å². The minimum absolute atomic E-state index is 0.0116. The van der Waals surface area contributed by atoms with Crippen molar-refractivity contribution in [3.05, 3.63) is 98.7 Å². The lowest BCUT2D eigenvalue weighted by Gasteiger charge is -2.19. The molecule has 166 valence electrons. The van der Waals surface area contributed by atoms with Gasteiger partial charge >= 0.3 is 0 Å². The number of nitriles is 1. The molecule has 0 fully saturated rings. The van der Waals surface area contributed by atoms with Crippen LogP contribution in [0.1, 0.15) is 48.6 Å². The Hall–Kier alpha value is -3.84. The van der Waals surface area contributed by atoms with Crippen LogP contribution in [0.4, 0.5) is 0 Å². The molecule has 0 bridgehead atoms. The van der Waals surface area contributed by atoms with Crippen molar-refractivity contribution < 1.29 is 9.15 Å². The second kappa shape index (κ2) is 8.60. The molecule has 0 aliphatic heterocycles. The molecule has 1 aromatic heterocycles. The Balaban J connectivity index is 1.87. The Labute approximate surface area is 194 Å². The van der Waals surface area contributed by atoms with Crippen LogP contribution in [0.15, 0.2) is 69.9 Å². The van der Waals surface area contributed by atoms with Gasteiger partial charge in [-0.15, -0.1) is 0 Å². The van der Waals surface area contributed by atoms with Crippen LogP contribution in [-0.2, 0) is 12.0 Å². The predicted molar refractivity (Wildman–Crippen MR) is 132 cm³/mol. The van der Waals surface area contributed by atoms with Crippen molar-refractivity contribution >= 4 is 11.0 Å². The van der Waals surface area contributed by atoms with Crippen LogP contribution >= 0.6 is 0 Å². The zero-order chi connectivity index (χ0) is 23.8. The third kappa shape index (κ3) is 4.40. The van der Waals surface area contributed by atoms with E-state index in [2.05, 4.69) is 39.0 Å². The Morgan fingerprint density at radius 1 is 0.970 bits per heavy atom. The summed E-state index contributed by atoms with van der Waals surface area (Å²) >= 11 is 0. The lowest BCUT2D eigenvalue weighted by molar-refractivity contribution is 0.297. The molecule has 0 radical (unpaired) electrons. The number of hydrogen-bond donors (Lipinski definition) is 0. The first-order valence-corrected chi connectivity index (χ1v) is 11.0. The molecule has 0 amide bonds. The molecule has 4 heteroatoms. The fourth-order valence-corrected chi connectivity index (χ4v) is 3.78. The number of ether oxygens (including phenoxy) is 1. The molecule has 0 aliphatic rings. The summed E-state index contributed by atoms with van der Waals surface area (Å²) in [5.74, 6) is 0.549. The van der Waals surface area contributed by atoms with Crippen molar-refractivity contribution in [2.24, 2.45) is 0 Å². The maximum Gasteiger partial charge on any atom is 0.235 e. The van der Waals surface area contributed by atoms with Crippen molar-refractivity contribution in [3.8, 4) is 23.1 Å². The van der Waals surface area contributed by atoms with Gasteiger partial charge in [-0.25, -0.2) is 0 Å².